The summed E-state index contributed by atoms with van der Waals surface area (Å²) in [6.45, 7) is 4.77. The number of nitrogens with two attached hydrogens (primary N) is 1. The molecule has 0 unspecified atom stereocenters. The van der Waals surface area contributed by atoms with E-state index in [0.717, 1.165) is 29.8 Å². The minimum atomic E-state index is -0.324. The van der Waals surface area contributed by atoms with Crippen molar-refractivity contribution in [2.24, 2.45) is 5.73 Å². The molecular formula is C22H29N5O4. The summed E-state index contributed by atoms with van der Waals surface area (Å²) >= 11 is 0. The first-order chi connectivity index (χ1) is 15.1. The summed E-state index contributed by atoms with van der Waals surface area (Å²) in [6.07, 6.45) is 2.68. The Morgan fingerprint density at radius 1 is 1.13 bits per heavy atom. The topological polar surface area (TPSA) is 128 Å². The van der Waals surface area contributed by atoms with Crippen LogP contribution < -0.4 is 21.7 Å². The van der Waals surface area contributed by atoms with Crippen molar-refractivity contribution >= 4 is 29.0 Å². The Labute approximate surface area is 181 Å². The lowest BCUT2D eigenvalue weighted by Crippen LogP contribution is -2.20. The normalized spacial score (nSPS) is 12.2. The molecule has 3 rings (SSSR count). The molecule has 2 heterocycles. The Morgan fingerprint density at radius 3 is 2.68 bits per heavy atom. The second-order valence-corrected chi connectivity index (χ2v) is 7.22. The molecule has 0 saturated heterocycles. The lowest BCUT2D eigenvalue weighted by atomic mass is 10.0. The fraction of sp³-hybridized carbons (Fsp3) is 0.409. The fourth-order valence-electron chi connectivity index (χ4n) is 3.15. The first-order valence-electron chi connectivity index (χ1n) is 10.4. The number of benzene rings is 1. The van der Waals surface area contributed by atoms with Crippen molar-refractivity contribution in [1.29, 1.82) is 0 Å². The Morgan fingerprint density at radius 2 is 1.94 bits per heavy atom. The number of aryl methyl sites for hydroxylation is 1. The molecule has 2 amide bonds. The average molecular weight is 428 g/mol. The summed E-state index contributed by atoms with van der Waals surface area (Å²) in [7, 11) is 0. The second kappa shape index (κ2) is 11.4. The smallest absolute Gasteiger partial charge is 0.258 e. The SMILES string of the molecule is Cc1ccc(NC(=O)c2cc3c(cc2NC(=O)CCOCCOCCN)NCC3)nc1. The quantitative estimate of drug-likeness (QED) is 0.404. The largest absolute Gasteiger partial charge is 0.384 e. The predicted octanol–water partition coefficient (Wildman–Crippen LogP) is 1.93. The number of nitrogens with zero attached hydrogens (tertiary/aromatic N) is 1. The van der Waals surface area contributed by atoms with Gasteiger partial charge < -0.3 is 31.2 Å². The molecule has 166 valence electrons. The van der Waals surface area contributed by atoms with Gasteiger partial charge in [-0.2, -0.15) is 0 Å². The molecule has 2 aromatic rings. The summed E-state index contributed by atoms with van der Waals surface area (Å²) in [6, 6.07) is 7.24. The third-order valence-electron chi connectivity index (χ3n) is 4.73. The molecule has 0 fully saturated rings. The zero-order valence-corrected chi connectivity index (χ0v) is 17.7. The van der Waals surface area contributed by atoms with E-state index in [0.29, 0.717) is 43.4 Å². The van der Waals surface area contributed by atoms with Crippen LogP contribution in [0.15, 0.2) is 30.5 Å². The molecule has 0 atom stereocenters. The van der Waals surface area contributed by atoms with Crippen molar-refractivity contribution in [3.63, 3.8) is 0 Å². The van der Waals surface area contributed by atoms with Gasteiger partial charge in [-0.1, -0.05) is 6.07 Å². The number of nitrogens with one attached hydrogen (secondary N) is 3. The van der Waals surface area contributed by atoms with Crippen LogP contribution in [0.25, 0.3) is 0 Å². The second-order valence-electron chi connectivity index (χ2n) is 7.22. The van der Waals surface area contributed by atoms with E-state index >= 15 is 0 Å². The Bertz CT molecular complexity index is 902. The third-order valence-corrected chi connectivity index (χ3v) is 4.73. The number of anilines is 3. The number of rotatable bonds is 11. The highest BCUT2D eigenvalue weighted by molar-refractivity contribution is 6.10. The van der Waals surface area contributed by atoms with Gasteiger partial charge in [0.1, 0.15) is 5.82 Å². The number of pyridine rings is 1. The highest BCUT2D eigenvalue weighted by Gasteiger charge is 2.20. The first kappa shape index (κ1) is 22.7. The molecule has 0 aliphatic carbocycles. The number of ether oxygens (including phenoxy) is 2. The summed E-state index contributed by atoms with van der Waals surface area (Å²) in [4.78, 5) is 29.5. The molecule has 1 aliphatic heterocycles. The number of fused-ring (bicyclic) bond motifs is 1. The third kappa shape index (κ3) is 6.74. The van der Waals surface area contributed by atoms with Crippen LogP contribution in [-0.2, 0) is 20.7 Å². The lowest BCUT2D eigenvalue weighted by Gasteiger charge is -2.14. The Kier molecular flexibility index (Phi) is 8.34. The molecule has 31 heavy (non-hydrogen) atoms. The molecule has 1 aliphatic rings. The van der Waals surface area contributed by atoms with E-state index in [1.165, 1.54) is 0 Å². The monoisotopic (exact) mass is 427 g/mol. The number of carbonyl (C=O) groups excluding carboxylic acids is 2. The minimum absolute atomic E-state index is 0.169. The summed E-state index contributed by atoms with van der Waals surface area (Å²) in [5.41, 5.74) is 9.16. The van der Waals surface area contributed by atoms with E-state index in [9.17, 15) is 9.59 Å². The molecule has 0 spiro atoms. The van der Waals surface area contributed by atoms with Crippen molar-refractivity contribution in [2.75, 3.05) is 55.5 Å². The average Bonchev–Trinajstić information content (AvgIpc) is 3.21. The molecule has 5 N–H and O–H groups in total. The van der Waals surface area contributed by atoms with Crippen molar-refractivity contribution < 1.29 is 19.1 Å². The zero-order valence-electron chi connectivity index (χ0n) is 17.7. The van der Waals surface area contributed by atoms with Crippen LogP contribution >= 0.6 is 0 Å². The van der Waals surface area contributed by atoms with Gasteiger partial charge in [0.25, 0.3) is 5.91 Å². The van der Waals surface area contributed by atoms with E-state index in [2.05, 4.69) is 20.9 Å². The number of amides is 2. The number of hydrogen-bond donors (Lipinski definition) is 4. The maximum atomic E-state index is 12.9. The summed E-state index contributed by atoms with van der Waals surface area (Å²) in [5.74, 6) is -0.102. The molecule has 9 heteroatoms. The minimum Gasteiger partial charge on any atom is -0.384 e. The number of carbonyl (C=O) groups is 2. The van der Waals surface area contributed by atoms with Crippen LogP contribution in [0, 0.1) is 6.92 Å². The maximum Gasteiger partial charge on any atom is 0.258 e. The van der Waals surface area contributed by atoms with E-state index in [4.69, 9.17) is 15.2 Å². The van der Waals surface area contributed by atoms with Gasteiger partial charge in [0, 0.05) is 25.0 Å². The Hall–Kier alpha value is -3.01. The predicted molar refractivity (Wildman–Crippen MR) is 120 cm³/mol. The molecule has 0 saturated carbocycles. The Balaban J connectivity index is 1.61. The van der Waals surface area contributed by atoms with Crippen LogP contribution in [-0.4, -0.2) is 56.3 Å². The van der Waals surface area contributed by atoms with Gasteiger partial charge in [0.05, 0.1) is 44.1 Å². The van der Waals surface area contributed by atoms with Crippen molar-refractivity contribution in [3.05, 3.63) is 47.2 Å². The number of aromatic nitrogens is 1. The van der Waals surface area contributed by atoms with Crippen molar-refractivity contribution in [2.45, 2.75) is 19.8 Å². The van der Waals surface area contributed by atoms with E-state index in [1.54, 1.807) is 18.3 Å². The molecular weight excluding hydrogens is 398 g/mol. The van der Waals surface area contributed by atoms with E-state index in [1.807, 2.05) is 19.1 Å². The summed E-state index contributed by atoms with van der Waals surface area (Å²) in [5, 5.41) is 8.91. The van der Waals surface area contributed by atoms with Gasteiger partial charge in [0.2, 0.25) is 5.91 Å². The summed E-state index contributed by atoms with van der Waals surface area (Å²) < 4.78 is 10.6. The van der Waals surface area contributed by atoms with Crippen LogP contribution in [0.2, 0.25) is 0 Å². The highest BCUT2D eigenvalue weighted by Crippen LogP contribution is 2.30. The highest BCUT2D eigenvalue weighted by atomic mass is 16.5. The molecule has 0 bridgehead atoms. The standard InChI is InChI=1S/C22H29N5O4/c1-15-2-3-20(25-14-15)27-22(29)17-12-16-4-7-24-18(16)13-19(17)26-21(28)5-8-30-10-11-31-9-6-23/h2-3,12-14,24H,4-11,23H2,1H3,(H,26,28)(H,25,27,29). The van der Waals surface area contributed by atoms with Gasteiger partial charge in [0.15, 0.2) is 0 Å². The van der Waals surface area contributed by atoms with Gasteiger partial charge in [-0.05, 0) is 42.7 Å². The van der Waals surface area contributed by atoms with Crippen molar-refractivity contribution in [3.8, 4) is 0 Å². The van der Waals surface area contributed by atoms with Crippen LogP contribution in [0.5, 0.6) is 0 Å². The van der Waals surface area contributed by atoms with Crippen LogP contribution in [0.1, 0.15) is 27.9 Å². The molecule has 0 radical (unpaired) electrons. The van der Waals surface area contributed by atoms with Gasteiger partial charge >= 0.3 is 0 Å². The van der Waals surface area contributed by atoms with Crippen LogP contribution in [0.4, 0.5) is 17.2 Å². The van der Waals surface area contributed by atoms with E-state index < -0.39 is 0 Å². The van der Waals surface area contributed by atoms with Crippen molar-refractivity contribution in [1.82, 2.24) is 4.98 Å². The maximum absolute atomic E-state index is 12.9. The lowest BCUT2D eigenvalue weighted by molar-refractivity contribution is -0.117. The zero-order chi connectivity index (χ0) is 22.1. The van der Waals surface area contributed by atoms with Gasteiger partial charge in [-0.3, -0.25) is 9.59 Å². The molecule has 9 nitrogen and oxygen atoms in total. The van der Waals surface area contributed by atoms with Gasteiger partial charge in [-0.15, -0.1) is 0 Å². The molecule has 1 aromatic heterocycles. The number of hydrogen-bond acceptors (Lipinski definition) is 7. The van der Waals surface area contributed by atoms with Crippen LogP contribution in [0.3, 0.4) is 0 Å². The fourth-order valence-corrected chi connectivity index (χ4v) is 3.15. The first-order valence-corrected chi connectivity index (χ1v) is 10.4. The molecule has 1 aromatic carbocycles. The van der Waals surface area contributed by atoms with E-state index in [-0.39, 0.29) is 24.8 Å². The van der Waals surface area contributed by atoms with Gasteiger partial charge in [-0.25, -0.2) is 4.98 Å².